The Hall–Kier alpha value is -1.22. The van der Waals surface area contributed by atoms with Gasteiger partial charge in [0, 0.05) is 17.7 Å². The standard InChI is InChI=1S/C11H15NO2/c12-10(5-7-1-2-7)9-4-3-8(13)6-11(9)14/h3-4,6-7,10,13-14H,1-2,5,12H2/t10-/m1/s1. The molecule has 1 saturated carbocycles. The largest absolute Gasteiger partial charge is 0.508 e. The molecule has 0 amide bonds. The third-order valence-corrected chi connectivity index (χ3v) is 2.70. The molecule has 0 unspecified atom stereocenters. The topological polar surface area (TPSA) is 66.5 Å². The third-order valence-electron chi connectivity index (χ3n) is 2.70. The Kier molecular flexibility index (Phi) is 2.33. The number of hydrogen-bond acceptors (Lipinski definition) is 3. The zero-order valence-corrected chi connectivity index (χ0v) is 7.98. The fraction of sp³-hybridized carbons (Fsp3) is 0.455. The second-order valence-corrected chi connectivity index (χ2v) is 4.03. The van der Waals surface area contributed by atoms with Crippen molar-refractivity contribution in [3.05, 3.63) is 23.8 Å². The Balaban J connectivity index is 2.13. The van der Waals surface area contributed by atoms with E-state index in [9.17, 15) is 5.11 Å². The summed E-state index contributed by atoms with van der Waals surface area (Å²) in [6, 6.07) is 4.48. The average Bonchev–Trinajstić information content (AvgIpc) is 2.87. The van der Waals surface area contributed by atoms with Crippen LogP contribution in [0.15, 0.2) is 18.2 Å². The lowest BCUT2D eigenvalue weighted by Crippen LogP contribution is -2.10. The van der Waals surface area contributed by atoms with Crippen LogP contribution in [0.25, 0.3) is 0 Å². The number of phenolic OH excluding ortho intramolecular Hbond substituents is 2. The summed E-state index contributed by atoms with van der Waals surface area (Å²) in [6.07, 6.45) is 3.44. The average molecular weight is 193 g/mol. The van der Waals surface area contributed by atoms with Crippen LogP contribution in [0.1, 0.15) is 30.9 Å². The molecule has 0 saturated heterocycles. The predicted molar refractivity (Wildman–Crippen MR) is 54.0 cm³/mol. The number of hydrogen-bond donors (Lipinski definition) is 3. The van der Waals surface area contributed by atoms with Crippen LogP contribution in [0.5, 0.6) is 11.5 Å². The van der Waals surface area contributed by atoms with E-state index < -0.39 is 0 Å². The molecule has 3 heteroatoms. The normalized spacial score (nSPS) is 18.1. The van der Waals surface area contributed by atoms with E-state index in [1.165, 1.54) is 18.9 Å². The summed E-state index contributed by atoms with van der Waals surface area (Å²) in [4.78, 5) is 0. The first-order valence-corrected chi connectivity index (χ1v) is 4.94. The van der Waals surface area contributed by atoms with Crippen LogP contribution in [0.2, 0.25) is 0 Å². The van der Waals surface area contributed by atoms with Crippen LogP contribution in [-0.2, 0) is 0 Å². The van der Waals surface area contributed by atoms with Crippen molar-refractivity contribution in [2.45, 2.75) is 25.3 Å². The third kappa shape index (κ3) is 1.99. The minimum atomic E-state index is -0.108. The summed E-state index contributed by atoms with van der Waals surface area (Å²) in [5, 5.41) is 18.7. The van der Waals surface area contributed by atoms with Gasteiger partial charge < -0.3 is 15.9 Å². The lowest BCUT2D eigenvalue weighted by Gasteiger charge is -2.13. The van der Waals surface area contributed by atoms with Gasteiger partial charge in [0.2, 0.25) is 0 Å². The number of benzene rings is 1. The fourth-order valence-corrected chi connectivity index (χ4v) is 1.69. The molecule has 1 fully saturated rings. The fourth-order valence-electron chi connectivity index (χ4n) is 1.69. The van der Waals surface area contributed by atoms with Gasteiger partial charge in [-0.25, -0.2) is 0 Å². The molecule has 1 atom stereocenters. The Labute approximate surface area is 83.2 Å². The quantitative estimate of drug-likeness (QED) is 0.686. The second kappa shape index (κ2) is 3.50. The molecule has 0 spiro atoms. The first-order valence-electron chi connectivity index (χ1n) is 4.94. The van der Waals surface area contributed by atoms with Gasteiger partial charge in [0.1, 0.15) is 11.5 Å². The minimum absolute atomic E-state index is 0.0740. The number of rotatable bonds is 3. The van der Waals surface area contributed by atoms with Crippen LogP contribution in [0, 0.1) is 5.92 Å². The van der Waals surface area contributed by atoms with Gasteiger partial charge in [-0.05, 0) is 18.4 Å². The van der Waals surface area contributed by atoms with Crippen molar-refractivity contribution >= 4 is 0 Å². The summed E-state index contributed by atoms with van der Waals surface area (Å²) in [6.45, 7) is 0. The number of nitrogens with two attached hydrogens (primary N) is 1. The maximum Gasteiger partial charge on any atom is 0.124 e. The van der Waals surface area contributed by atoms with E-state index in [1.807, 2.05) is 0 Å². The van der Waals surface area contributed by atoms with Gasteiger partial charge in [-0.1, -0.05) is 18.9 Å². The van der Waals surface area contributed by atoms with Crippen molar-refractivity contribution in [3.8, 4) is 11.5 Å². The van der Waals surface area contributed by atoms with Gasteiger partial charge in [0.25, 0.3) is 0 Å². The molecular formula is C11H15NO2. The molecule has 14 heavy (non-hydrogen) atoms. The molecule has 0 radical (unpaired) electrons. The van der Waals surface area contributed by atoms with Gasteiger partial charge >= 0.3 is 0 Å². The van der Waals surface area contributed by atoms with E-state index in [2.05, 4.69) is 0 Å². The molecule has 1 aromatic carbocycles. The van der Waals surface area contributed by atoms with Crippen molar-refractivity contribution in [1.82, 2.24) is 0 Å². The molecule has 1 aliphatic carbocycles. The molecule has 2 rings (SSSR count). The zero-order chi connectivity index (χ0) is 10.1. The summed E-state index contributed by atoms with van der Waals surface area (Å²) in [7, 11) is 0. The number of aromatic hydroxyl groups is 2. The highest BCUT2D eigenvalue weighted by Crippen LogP contribution is 2.38. The van der Waals surface area contributed by atoms with Crippen LogP contribution in [0.4, 0.5) is 0 Å². The Morgan fingerprint density at radius 1 is 1.36 bits per heavy atom. The first kappa shape index (κ1) is 9.34. The van der Waals surface area contributed by atoms with E-state index in [1.54, 1.807) is 12.1 Å². The molecule has 0 bridgehead atoms. The smallest absolute Gasteiger partial charge is 0.124 e. The van der Waals surface area contributed by atoms with Gasteiger partial charge in [-0.3, -0.25) is 0 Å². The summed E-state index contributed by atoms with van der Waals surface area (Å²) >= 11 is 0. The van der Waals surface area contributed by atoms with Crippen molar-refractivity contribution in [3.63, 3.8) is 0 Å². The van der Waals surface area contributed by atoms with Crippen LogP contribution in [-0.4, -0.2) is 10.2 Å². The van der Waals surface area contributed by atoms with Crippen molar-refractivity contribution in [1.29, 1.82) is 0 Å². The first-order chi connectivity index (χ1) is 6.66. The monoisotopic (exact) mass is 193 g/mol. The predicted octanol–water partition coefficient (Wildman–Crippen LogP) is 1.90. The van der Waals surface area contributed by atoms with E-state index in [0.717, 1.165) is 17.9 Å². The van der Waals surface area contributed by atoms with Crippen LogP contribution in [0.3, 0.4) is 0 Å². The Morgan fingerprint density at radius 2 is 2.07 bits per heavy atom. The Morgan fingerprint density at radius 3 is 2.64 bits per heavy atom. The van der Waals surface area contributed by atoms with Crippen molar-refractivity contribution in [2.75, 3.05) is 0 Å². The van der Waals surface area contributed by atoms with Gasteiger partial charge in [0.15, 0.2) is 0 Å². The van der Waals surface area contributed by atoms with Gasteiger partial charge in [0.05, 0.1) is 0 Å². The zero-order valence-electron chi connectivity index (χ0n) is 7.98. The lowest BCUT2D eigenvalue weighted by molar-refractivity contribution is 0.438. The van der Waals surface area contributed by atoms with E-state index in [4.69, 9.17) is 10.8 Å². The van der Waals surface area contributed by atoms with Crippen LogP contribution < -0.4 is 5.73 Å². The molecule has 1 aliphatic rings. The van der Waals surface area contributed by atoms with Crippen LogP contribution >= 0.6 is 0 Å². The molecule has 0 heterocycles. The SMILES string of the molecule is N[C@H](CC1CC1)c1ccc(O)cc1O. The highest BCUT2D eigenvalue weighted by molar-refractivity contribution is 5.40. The molecule has 0 aliphatic heterocycles. The minimum Gasteiger partial charge on any atom is -0.508 e. The highest BCUT2D eigenvalue weighted by Gasteiger charge is 2.25. The molecule has 1 aromatic rings. The van der Waals surface area contributed by atoms with E-state index in [0.29, 0.717) is 0 Å². The van der Waals surface area contributed by atoms with Crippen molar-refractivity contribution < 1.29 is 10.2 Å². The van der Waals surface area contributed by atoms with E-state index >= 15 is 0 Å². The number of phenols is 2. The second-order valence-electron chi connectivity index (χ2n) is 4.03. The molecule has 76 valence electrons. The molecule has 4 N–H and O–H groups in total. The summed E-state index contributed by atoms with van der Waals surface area (Å²) < 4.78 is 0. The van der Waals surface area contributed by atoms with E-state index in [-0.39, 0.29) is 17.5 Å². The summed E-state index contributed by atoms with van der Waals surface area (Å²) in [5.74, 6) is 0.904. The Bertz CT molecular complexity index is 334. The van der Waals surface area contributed by atoms with Gasteiger partial charge in [-0.2, -0.15) is 0 Å². The maximum atomic E-state index is 9.56. The summed E-state index contributed by atoms with van der Waals surface area (Å²) in [5.41, 5.74) is 6.68. The van der Waals surface area contributed by atoms with Crippen molar-refractivity contribution in [2.24, 2.45) is 11.7 Å². The molecule has 3 nitrogen and oxygen atoms in total. The van der Waals surface area contributed by atoms with Gasteiger partial charge in [-0.15, -0.1) is 0 Å². The highest BCUT2D eigenvalue weighted by atomic mass is 16.3. The lowest BCUT2D eigenvalue weighted by atomic mass is 10.0. The molecular weight excluding hydrogens is 178 g/mol. The molecule has 0 aromatic heterocycles. The maximum absolute atomic E-state index is 9.56.